The molecular weight excluding hydrogens is 384 g/mol. The van der Waals surface area contributed by atoms with Gasteiger partial charge in [-0.15, -0.1) is 0 Å². The summed E-state index contributed by atoms with van der Waals surface area (Å²) in [6.45, 7) is 0. The molecule has 1 fully saturated rings. The van der Waals surface area contributed by atoms with E-state index in [0.717, 1.165) is 22.7 Å². The summed E-state index contributed by atoms with van der Waals surface area (Å²) in [5, 5.41) is 3.29. The van der Waals surface area contributed by atoms with E-state index in [0.29, 0.717) is 33.0 Å². The maximum absolute atomic E-state index is 12.3. The summed E-state index contributed by atoms with van der Waals surface area (Å²) in [4.78, 5) is 39.4. The third kappa shape index (κ3) is 3.54. The minimum Gasteiger partial charge on any atom is -0.322 e. The minimum absolute atomic E-state index is 0.271. The van der Waals surface area contributed by atoms with Crippen LogP contribution in [0, 0.1) is 0 Å². The van der Waals surface area contributed by atoms with Gasteiger partial charge in [0.05, 0.1) is 4.91 Å². The van der Waals surface area contributed by atoms with E-state index in [2.05, 4.69) is 10.3 Å². The smallest absolute Gasteiger partial charge is 0.290 e. The number of hydrogen-bond acceptors (Lipinski definition) is 4. The number of amides is 2. The minimum atomic E-state index is -0.446. The average Bonchev–Trinajstić information content (AvgIpc) is 2.98. The van der Waals surface area contributed by atoms with E-state index >= 15 is 0 Å². The van der Waals surface area contributed by atoms with E-state index in [1.165, 1.54) is 6.07 Å². The summed E-state index contributed by atoms with van der Waals surface area (Å²) in [6, 6.07) is 16.1. The lowest BCUT2D eigenvalue weighted by atomic mass is 9.94. The van der Waals surface area contributed by atoms with Crippen LogP contribution in [0.2, 0.25) is 5.02 Å². The van der Waals surface area contributed by atoms with Crippen molar-refractivity contribution in [3.63, 3.8) is 0 Å². The number of imide groups is 1. The van der Waals surface area contributed by atoms with Crippen LogP contribution in [0.4, 0.5) is 4.79 Å². The van der Waals surface area contributed by atoms with Gasteiger partial charge in [-0.2, -0.15) is 0 Å². The van der Waals surface area contributed by atoms with Crippen LogP contribution >= 0.6 is 23.4 Å². The molecule has 7 heteroatoms. The van der Waals surface area contributed by atoms with Gasteiger partial charge in [0.15, 0.2) is 0 Å². The van der Waals surface area contributed by atoms with Crippen molar-refractivity contribution in [1.82, 2.24) is 10.3 Å². The zero-order valence-corrected chi connectivity index (χ0v) is 15.5. The van der Waals surface area contributed by atoms with Crippen molar-refractivity contribution < 1.29 is 9.59 Å². The van der Waals surface area contributed by atoms with Crippen LogP contribution in [0.3, 0.4) is 0 Å². The van der Waals surface area contributed by atoms with Crippen LogP contribution in [-0.2, 0) is 11.2 Å². The van der Waals surface area contributed by atoms with Gasteiger partial charge < -0.3 is 4.98 Å². The van der Waals surface area contributed by atoms with Crippen molar-refractivity contribution in [1.29, 1.82) is 0 Å². The predicted molar refractivity (Wildman–Crippen MR) is 108 cm³/mol. The van der Waals surface area contributed by atoms with Gasteiger partial charge in [-0.3, -0.25) is 19.7 Å². The Balaban J connectivity index is 1.95. The monoisotopic (exact) mass is 396 g/mol. The number of H-pyrrole nitrogens is 1. The third-order valence-electron chi connectivity index (χ3n) is 4.26. The van der Waals surface area contributed by atoms with E-state index in [1.54, 1.807) is 18.2 Å². The number of benzene rings is 2. The molecule has 134 valence electrons. The molecule has 0 atom stereocenters. The Hall–Kier alpha value is -2.83. The number of pyridine rings is 1. The van der Waals surface area contributed by atoms with Gasteiger partial charge in [0.2, 0.25) is 5.56 Å². The normalized spacial score (nSPS) is 15.9. The molecule has 0 radical (unpaired) electrons. The van der Waals surface area contributed by atoms with Crippen LogP contribution < -0.4 is 10.9 Å². The molecule has 1 aromatic heterocycles. The highest BCUT2D eigenvalue weighted by atomic mass is 35.5. The van der Waals surface area contributed by atoms with Gasteiger partial charge >= 0.3 is 0 Å². The predicted octanol–water partition coefficient (Wildman–Crippen LogP) is 4.12. The van der Waals surface area contributed by atoms with Gasteiger partial charge in [-0.1, -0.05) is 41.9 Å². The van der Waals surface area contributed by atoms with Gasteiger partial charge in [0.1, 0.15) is 0 Å². The molecule has 2 amide bonds. The molecular formula is C20H13ClN2O3S. The van der Waals surface area contributed by atoms with Crippen molar-refractivity contribution in [3.8, 4) is 0 Å². The Morgan fingerprint density at radius 3 is 2.44 bits per heavy atom. The van der Waals surface area contributed by atoms with E-state index in [-0.39, 0.29) is 5.56 Å². The van der Waals surface area contributed by atoms with Crippen molar-refractivity contribution in [2.45, 2.75) is 6.42 Å². The fourth-order valence-electron chi connectivity index (χ4n) is 3.07. The number of nitrogens with one attached hydrogen (secondary N) is 2. The molecule has 0 saturated carbocycles. The number of aromatic nitrogens is 1. The first-order valence-corrected chi connectivity index (χ1v) is 9.34. The molecule has 0 spiro atoms. The Labute approximate surface area is 163 Å². The first-order chi connectivity index (χ1) is 13.0. The number of fused-ring (bicyclic) bond motifs is 1. The summed E-state index contributed by atoms with van der Waals surface area (Å²) in [5.74, 6) is -0.446. The molecule has 1 aliphatic rings. The number of allylic oxidation sites excluding steroid dienone is 1. The molecule has 5 nitrogen and oxygen atoms in total. The highest BCUT2D eigenvalue weighted by Crippen LogP contribution is 2.36. The average molecular weight is 397 g/mol. The topological polar surface area (TPSA) is 79.0 Å². The molecule has 2 heterocycles. The Kier molecular flexibility index (Phi) is 4.59. The molecule has 27 heavy (non-hydrogen) atoms. The Morgan fingerprint density at radius 1 is 1.00 bits per heavy atom. The third-order valence-corrected chi connectivity index (χ3v) is 5.44. The van der Waals surface area contributed by atoms with Crippen LogP contribution in [-0.4, -0.2) is 16.1 Å². The van der Waals surface area contributed by atoms with Gasteiger partial charge in [-0.05, 0) is 53.1 Å². The van der Waals surface area contributed by atoms with Crippen LogP contribution in [0.15, 0.2) is 64.3 Å². The fraction of sp³-hybridized carbons (Fsp3) is 0.0500. The van der Waals surface area contributed by atoms with Crippen LogP contribution in [0.5, 0.6) is 0 Å². The van der Waals surface area contributed by atoms with Gasteiger partial charge in [0, 0.05) is 22.0 Å². The first kappa shape index (κ1) is 17.6. The van der Waals surface area contributed by atoms with Gasteiger partial charge in [-0.25, -0.2) is 0 Å². The number of carbonyl (C=O) groups is 2. The summed E-state index contributed by atoms with van der Waals surface area (Å²) in [5.41, 5.74) is 2.58. The second-order valence-electron chi connectivity index (χ2n) is 6.05. The molecule has 1 saturated heterocycles. The number of hydrogen-bond donors (Lipinski definition) is 2. The van der Waals surface area contributed by atoms with E-state index in [9.17, 15) is 14.4 Å². The molecule has 0 unspecified atom stereocenters. The Bertz CT molecular complexity index is 1170. The second-order valence-corrected chi connectivity index (χ2v) is 7.47. The maximum Gasteiger partial charge on any atom is 0.290 e. The standard InChI is InChI=1S/C20H13ClN2O3S/c21-12-7-5-11(6-8-12)9-15(18-19(25)23-20(26)27-18)14-10-17(24)22-16-4-2-1-3-13(14)16/h1-8,10H,9H2,(H,22,24)(H,23,25,26). The molecule has 4 rings (SSSR count). The molecule has 2 aromatic carbocycles. The first-order valence-electron chi connectivity index (χ1n) is 8.14. The number of rotatable bonds is 3. The summed E-state index contributed by atoms with van der Waals surface area (Å²) in [7, 11) is 0. The highest BCUT2D eigenvalue weighted by molar-refractivity contribution is 8.18. The number of para-hydroxylation sites is 1. The number of aromatic amines is 1. The zero-order chi connectivity index (χ0) is 19.0. The molecule has 1 aliphatic heterocycles. The summed E-state index contributed by atoms with van der Waals surface area (Å²) in [6.07, 6.45) is 0.383. The summed E-state index contributed by atoms with van der Waals surface area (Å²) < 4.78 is 0. The lowest BCUT2D eigenvalue weighted by Gasteiger charge is -2.13. The highest BCUT2D eigenvalue weighted by Gasteiger charge is 2.29. The zero-order valence-electron chi connectivity index (χ0n) is 13.9. The largest absolute Gasteiger partial charge is 0.322 e. The number of halogens is 1. The van der Waals surface area contributed by atoms with Gasteiger partial charge in [0.25, 0.3) is 11.1 Å². The van der Waals surface area contributed by atoms with Crippen LogP contribution in [0.1, 0.15) is 11.1 Å². The van der Waals surface area contributed by atoms with E-state index in [4.69, 9.17) is 11.6 Å². The van der Waals surface area contributed by atoms with Crippen molar-refractivity contribution in [2.75, 3.05) is 0 Å². The van der Waals surface area contributed by atoms with Crippen molar-refractivity contribution in [3.05, 3.63) is 86.0 Å². The Morgan fingerprint density at radius 2 is 1.74 bits per heavy atom. The fourth-order valence-corrected chi connectivity index (χ4v) is 3.98. The quantitative estimate of drug-likeness (QED) is 0.653. The van der Waals surface area contributed by atoms with E-state index in [1.807, 2.05) is 30.3 Å². The molecule has 0 aliphatic carbocycles. The SMILES string of the molecule is O=C1NC(=O)C(=C(Cc2ccc(Cl)cc2)c2cc(=O)[nH]c3ccccc23)S1. The summed E-state index contributed by atoms with van der Waals surface area (Å²) >= 11 is 6.82. The second kappa shape index (κ2) is 7.06. The van der Waals surface area contributed by atoms with E-state index < -0.39 is 11.1 Å². The van der Waals surface area contributed by atoms with Crippen molar-refractivity contribution >= 4 is 51.0 Å². The molecule has 3 aromatic rings. The molecule has 2 N–H and O–H groups in total. The number of thioether (sulfide) groups is 1. The lowest BCUT2D eigenvalue weighted by Crippen LogP contribution is -2.19. The maximum atomic E-state index is 12.3. The number of carbonyl (C=O) groups excluding carboxylic acids is 2. The van der Waals surface area contributed by atoms with Crippen molar-refractivity contribution in [2.24, 2.45) is 0 Å². The van der Waals surface area contributed by atoms with Crippen LogP contribution in [0.25, 0.3) is 16.5 Å². The lowest BCUT2D eigenvalue weighted by molar-refractivity contribution is -0.115. The molecule has 0 bridgehead atoms.